The molecule has 32 heavy (non-hydrogen) atoms. The number of imide groups is 1. The molecule has 2 aromatic rings. The second-order valence-corrected chi connectivity index (χ2v) is 9.45. The Hall–Kier alpha value is -3.12. The third-order valence-electron chi connectivity index (χ3n) is 7.38. The number of Topliss-reactive ketones (excluding diaryl/α,β-unsaturated/α-hetero) is 1. The van der Waals surface area contributed by atoms with Crippen molar-refractivity contribution < 1.29 is 24.2 Å². The Morgan fingerprint density at radius 3 is 2.22 bits per heavy atom. The summed E-state index contributed by atoms with van der Waals surface area (Å²) in [5.41, 5.74) is 0.845. The SMILES string of the molecule is O=C(COc1ccc(N2C(=O)C3C4C=CC(C5CC45)C3C2=O)cc1Cl)c1ccc(O)cc1. The highest BCUT2D eigenvalue weighted by Gasteiger charge is 2.67. The number of phenolic OH excluding ortho intramolecular Hbond substituents is 1. The molecule has 6 atom stereocenters. The zero-order valence-corrected chi connectivity index (χ0v) is 17.7. The first-order chi connectivity index (χ1) is 15.4. The van der Waals surface area contributed by atoms with Gasteiger partial charge in [-0.05, 0) is 72.6 Å². The van der Waals surface area contributed by atoms with Crippen molar-refractivity contribution in [3.05, 3.63) is 65.2 Å². The highest BCUT2D eigenvalue weighted by Crippen LogP contribution is 2.65. The second kappa shape index (κ2) is 6.94. The Morgan fingerprint density at radius 2 is 1.62 bits per heavy atom. The molecule has 1 N–H and O–H groups in total. The molecule has 2 saturated carbocycles. The molecule has 6 unspecified atom stereocenters. The summed E-state index contributed by atoms with van der Waals surface area (Å²) in [6.07, 6.45) is 5.41. The topological polar surface area (TPSA) is 83.9 Å². The fraction of sp³-hybridized carbons (Fsp3) is 0.320. The Bertz CT molecular complexity index is 1150. The van der Waals surface area contributed by atoms with Gasteiger partial charge in [0.1, 0.15) is 11.5 Å². The lowest BCUT2D eigenvalue weighted by Gasteiger charge is -2.37. The molecule has 2 aromatic carbocycles. The van der Waals surface area contributed by atoms with E-state index in [4.69, 9.17) is 16.3 Å². The quantitative estimate of drug-likeness (QED) is 0.425. The Kier molecular flexibility index (Phi) is 4.24. The van der Waals surface area contributed by atoms with Gasteiger partial charge in [-0.1, -0.05) is 23.8 Å². The number of aromatic hydroxyl groups is 1. The van der Waals surface area contributed by atoms with Crippen molar-refractivity contribution in [2.45, 2.75) is 6.42 Å². The van der Waals surface area contributed by atoms with Crippen LogP contribution in [0.2, 0.25) is 5.02 Å². The van der Waals surface area contributed by atoms with E-state index in [1.807, 2.05) is 0 Å². The van der Waals surface area contributed by atoms with Crippen molar-refractivity contribution in [2.75, 3.05) is 11.5 Å². The molecule has 7 heteroatoms. The van der Waals surface area contributed by atoms with E-state index in [2.05, 4.69) is 12.2 Å². The maximum absolute atomic E-state index is 13.2. The van der Waals surface area contributed by atoms with Gasteiger partial charge in [-0.15, -0.1) is 0 Å². The largest absolute Gasteiger partial charge is 0.508 e. The zero-order valence-electron chi connectivity index (χ0n) is 17.0. The van der Waals surface area contributed by atoms with Gasteiger partial charge in [0.25, 0.3) is 0 Å². The van der Waals surface area contributed by atoms with Crippen LogP contribution in [0.25, 0.3) is 0 Å². The first-order valence-electron chi connectivity index (χ1n) is 10.7. The molecule has 7 rings (SSSR count). The first kappa shape index (κ1) is 19.6. The number of hydrogen-bond acceptors (Lipinski definition) is 5. The van der Waals surface area contributed by atoms with E-state index >= 15 is 0 Å². The van der Waals surface area contributed by atoms with Crippen molar-refractivity contribution >= 4 is 34.9 Å². The number of hydrogen-bond donors (Lipinski definition) is 1. The number of ketones is 1. The Balaban J connectivity index is 1.19. The zero-order chi connectivity index (χ0) is 22.1. The number of nitrogens with zero attached hydrogens (tertiary/aromatic N) is 1. The predicted molar refractivity (Wildman–Crippen MR) is 117 cm³/mol. The third kappa shape index (κ3) is 2.82. The Labute approximate surface area is 189 Å². The number of amides is 2. The van der Waals surface area contributed by atoms with E-state index in [9.17, 15) is 19.5 Å². The van der Waals surface area contributed by atoms with Gasteiger partial charge in [-0.2, -0.15) is 0 Å². The normalized spacial score (nSPS) is 31.5. The Morgan fingerprint density at radius 1 is 1.00 bits per heavy atom. The summed E-state index contributed by atoms with van der Waals surface area (Å²) in [6.45, 7) is -0.229. The van der Waals surface area contributed by atoms with Crippen molar-refractivity contribution in [3.8, 4) is 11.5 Å². The summed E-state index contributed by atoms with van der Waals surface area (Å²) < 4.78 is 5.57. The van der Waals surface area contributed by atoms with Crippen LogP contribution in [-0.2, 0) is 9.59 Å². The average molecular weight is 450 g/mol. The van der Waals surface area contributed by atoms with Gasteiger partial charge in [0.15, 0.2) is 12.4 Å². The number of phenols is 1. The maximum atomic E-state index is 13.2. The van der Waals surface area contributed by atoms with E-state index in [-0.39, 0.29) is 58.6 Å². The molecular formula is C25H20ClNO5. The van der Waals surface area contributed by atoms with E-state index in [1.165, 1.54) is 29.2 Å². The number of carbonyl (C=O) groups is 3. The van der Waals surface area contributed by atoms with Crippen LogP contribution in [0, 0.1) is 35.5 Å². The molecule has 0 radical (unpaired) electrons. The lowest BCUT2D eigenvalue weighted by atomic mass is 9.63. The molecule has 0 spiro atoms. The van der Waals surface area contributed by atoms with Crippen LogP contribution in [0.5, 0.6) is 11.5 Å². The minimum absolute atomic E-state index is 0.0766. The fourth-order valence-corrected chi connectivity index (χ4v) is 6.06. The van der Waals surface area contributed by atoms with Crippen molar-refractivity contribution in [2.24, 2.45) is 35.5 Å². The minimum Gasteiger partial charge on any atom is -0.508 e. The number of benzene rings is 2. The van der Waals surface area contributed by atoms with Crippen LogP contribution in [-0.4, -0.2) is 29.3 Å². The molecule has 4 aliphatic carbocycles. The van der Waals surface area contributed by atoms with Crippen LogP contribution in [0.1, 0.15) is 16.8 Å². The third-order valence-corrected chi connectivity index (χ3v) is 7.68. The van der Waals surface area contributed by atoms with Crippen LogP contribution < -0.4 is 9.64 Å². The monoisotopic (exact) mass is 449 g/mol. The number of ether oxygens (including phenoxy) is 1. The number of halogens is 1. The molecule has 0 aromatic heterocycles. The lowest BCUT2D eigenvalue weighted by Crippen LogP contribution is -2.40. The smallest absolute Gasteiger partial charge is 0.238 e. The van der Waals surface area contributed by atoms with Crippen LogP contribution in [0.4, 0.5) is 5.69 Å². The standard InChI is InChI=1S/C25H20ClNO5/c26-19-9-13(3-8-21(19)32-11-20(29)12-1-4-14(28)5-2-12)27-24(30)22-15-6-7-16(18-10-17(15)18)23(22)25(27)31/h1-9,15-18,22-23,28H,10-11H2. The first-order valence-corrected chi connectivity index (χ1v) is 11.1. The van der Waals surface area contributed by atoms with Crippen LogP contribution in [0.3, 0.4) is 0 Å². The molecule has 6 nitrogen and oxygen atoms in total. The number of carbonyl (C=O) groups excluding carboxylic acids is 3. The van der Waals surface area contributed by atoms with E-state index < -0.39 is 0 Å². The lowest BCUT2D eigenvalue weighted by molar-refractivity contribution is -0.124. The van der Waals surface area contributed by atoms with Gasteiger partial charge in [0, 0.05) is 5.56 Å². The van der Waals surface area contributed by atoms with Gasteiger partial charge < -0.3 is 9.84 Å². The second-order valence-electron chi connectivity index (χ2n) is 9.04. The van der Waals surface area contributed by atoms with E-state index in [0.717, 1.165) is 6.42 Å². The number of rotatable bonds is 5. The van der Waals surface area contributed by atoms with Gasteiger partial charge in [0.05, 0.1) is 22.5 Å². The van der Waals surface area contributed by atoms with Crippen LogP contribution in [0.15, 0.2) is 54.6 Å². The van der Waals surface area contributed by atoms with E-state index in [0.29, 0.717) is 28.8 Å². The predicted octanol–water partition coefficient (Wildman–Crippen LogP) is 3.86. The molecule has 1 aliphatic heterocycles. The summed E-state index contributed by atoms with van der Waals surface area (Å²) in [5.74, 6) is 0.727. The average Bonchev–Trinajstić information content (AvgIpc) is 3.56. The number of anilines is 1. The summed E-state index contributed by atoms with van der Waals surface area (Å²) >= 11 is 6.38. The van der Waals surface area contributed by atoms with Gasteiger partial charge >= 0.3 is 0 Å². The highest BCUT2D eigenvalue weighted by atomic mass is 35.5. The summed E-state index contributed by atoms with van der Waals surface area (Å²) in [7, 11) is 0. The number of allylic oxidation sites excluding steroid dienone is 2. The molecule has 2 bridgehead atoms. The van der Waals surface area contributed by atoms with Crippen molar-refractivity contribution in [3.63, 3.8) is 0 Å². The van der Waals surface area contributed by atoms with Crippen molar-refractivity contribution in [1.29, 1.82) is 0 Å². The van der Waals surface area contributed by atoms with Gasteiger partial charge in [0.2, 0.25) is 11.8 Å². The van der Waals surface area contributed by atoms with Gasteiger partial charge in [-0.25, -0.2) is 4.90 Å². The molecule has 5 aliphatic rings. The van der Waals surface area contributed by atoms with E-state index in [1.54, 1.807) is 18.2 Å². The molecule has 2 amide bonds. The van der Waals surface area contributed by atoms with Crippen molar-refractivity contribution in [1.82, 2.24) is 0 Å². The summed E-state index contributed by atoms with van der Waals surface area (Å²) in [5, 5.41) is 9.56. The summed E-state index contributed by atoms with van der Waals surface area (Å²) in [4.78, 5) is 40.0. The van der Waals surface area contributed by atoms with Crippen LogP contribution >= 0.6 is 11.6 Å². The minimum atomic E-state index is -0.265. The highest BCUT2D eigenvalue weighted by molar-refractivity contribution is 6.33. The molecule has 162 valence electrons. The molecular weight excluding hydrogens is 430 g/mol. The fourth-order valence-electron chi connectivity index (χ4n) is 5.83. The molecule has 3 fully saturated rings. The molecule has 1 saturated heterocycles. The molecule has 1 heterocycles. The summed E-state index contributed by atoms with van der Waals surface area (Å²) in [6, 6.07) is 10.7. The maximum Gasteiger partial charge on any atom is 0.238 e. The van der Waals surface area contributed by atoms with Gasteiger partial charge in [-0.3, -0.25) is 14.4 Å².